The molecule has 3 nitrogen and oxygen atoms in total. The van der Waals surface area contributed by atoms with Crippen LogP contribution in [0.25, 0.3) is 0 Å². The van der Waals surface area contributed by atoms with Gasteiger partial charge in [-0.3, -0.25) is 4.84 Å². The van der Waals surface area contributed by atoms with Crippen molar-refractivity contribution in [2.75, 3.05) is 0 Å². The van der Waals surface area contributed by atoms with Crippen molar-refractivity contribution in [2.24, 2.45) is 5.16 Å². The number of nitriles is 1. The van der Waals surface area contributed by atoms with Crippen molar-refractivity contribution >= 4 is 5.71 Å². The number of rotatable bonds is 2. The van der Waals surface area contributed by atoms with Gasteiger partial charge in [0.15, 0.2) is 0 Å². The fourth-order valence-electron chi connectivity index (χ4n) is 0.821. The molecule has 0 aromatic heterocycles. The first-order valence-electron chi connectivity index (χ1n) is 3.49. The highest BCUT2D eigenvalue weighted by Gasteiger charge is 1.94. The van der Waals surface area contributed by atoms with Gasteiger partial charge in [-0.05, 0) is 12.5 Å². The highest BCUT2D eigenvalue weighted by Crippen LogP contribution is 2.00. The van der Waals surface area contributed by atoms with E-state index in [0.717, 1.165) is 5.56 Å². The summed E-state index contributed by atoms with van der Waals surface area (Å²) >= 11 is 0. The van der Waals surface area contributed by atoms with Crippen molar-refractivity contribution in [1.29, 1.82) is 5.26 Å². The van der Waals surface area contributed by atoms with Crippen molar-refractivity contribution in [1.82, 2.24) is 0 Å². The van der Waals surface area contributed by atoms with Gasteiger partial charge in [-0.15, -0.1) is 5.26 Å². The molecule has 0 aliphatic heterocycles. The highest BCUT2D eigenvalue weighted by atomic mass is 16.6. The molecule has 0 aliphatic rings. The lowest BCUT2D eigenvalue weighted by atomic mass is 10.1. The molecule has 1 aromatic carbocycles. The average molecular weight is 160 g/mol. The highest BCUT2D eigenvalue weighted by molar-refractivity contribution is 5.98. The molecular weight excluding hydrogens is 152 g/mol. The zero-order valence-electron chi connectivity index (χ0n) is 6.69. The average Bonchev–Trinajstić information content (AvgIpc) is 2.15. The molecule has 0 radical (unpaired) electrons. The molecular formula is C9H8N2O. The van der Waals surface area contributed by atoms with E-state index in [1.165, 1.54) is 6.26 Å². The zero-order valence-corrected chi connectivity index (χ0v) is 6.69. The van der Waals surface area contributed by atoms with Gasteiger partial charge in [0, 0.05) is 0 Å². The van der Waals surface area contributed by atoms with Crippen LogP contribution in [0, 0.1) is 11.5 Å². The van der Waals surface area contributed by atoms with Gasteiger partial charge in [-0.2, -0.15) is 0 Å². The SMILES string of the molecule is CC(=NOC#N)c1ccccc1. The summed E-state index contributed by atoms with van der Waals surface area (Å²) in [6, 6.07) is 9.53. The molecule has 0 spiro atoms. The van der Waals surface area contributed by atoms with Gasteiger partial charge in [0.1, 0.15) is 0 Å². The Balaban J connectivity index is 2.79. The maximum Gasteiger partial charge on any atom is 0.316 e. The summed E-state index contributed by atoms with van der Waals surface area (Å²) in [5, 5.41) is 11.7. The molecule has 0 saturated heterocycles. The summed E-state index contributed by atoms with van der Waals surface area (Å²) in [6.07, 6.45) is 1.48. The van der Waals surface area contributed by atoms with Crippen LogP contribution in [-0.2, 0) is 4.84 Å². The summed E-state index contributed by atoms with van der Waals surface area (Å²) in [4.78, 5) is 4.24. The Morgan fingerprint density at radius 2 is 2.08 bits per heavy atom. The number of hydrogen-bond donors (Lipinski definition) is 0. The molecule has 0 N–H and O–H groups in total. The van der Waals surface area contributed by atoms with E-state index >= 15 is 0 Å². The first-order valence-corrected chi connectivity index (χ1v) is 3.49. The quantitative estimate of drug-likeness (QED) is 0.377. The van der Waals surface area contributed by atoms with Crippen molar-refractivity contribution in [3.63, 3.8) is 0 Å². The van der Waals surface area contributed by atoms with Gasteiger partial charge < -0.3 is 0 Å². The lowest BCUT2D eigenvalue weighted by Gasteiger charge is -1.95. The number of oxime groups is 1. The smallest absolute Gasteiger partial charge is 0.275 e. The van der Waals surface area contributed by atoms with Gasteiger partial charge in [0.2, 0.25) is 0 Å². The van der Waals surface area contributed by atoms with Gasteiger partial charge >= 0.3 is 6.26 Å². The number of hydrogen-bond acceptors (Lipinski definition) is 3. The van der Waals surface area contributed by atoms with Crippen LogP contribution in [0.2, 0.25) is 0 Å². The number of benzene rings is 1. The summed E-state index contributed by atoms with van der Waals surface area (Å²) in [7, 11) is 0. The first-order chi connectivity index (χ1) is 5.84. The van der Waals surface area contributed by atoms with Crippen LogP contribution < -0.4 is 0 Å². The molecule has 0 atom stereocenters. The Bertz CT molecular complexity index is 311. The second kappa shape index (κ2) is 4.14. The Morgan fingerprint density at radius 1 is 1.42 bits per heavy atom. The van der Waals surface area contributed by atoms with E-state index in [-0.39, 0.29) is 0 Å². The molecule has 0 aliphatic carbocycles. The monoisotopic (exact) mass is 160 g/mol. The Kier molecular flexibility index (Phi) is 2.86. The van der Waals surface area contributed by atoms with Gasteiger partial charge in [-0.1, -0.05) is 35.5 Å². The third-order valence-electron chi connectivity index (χ3n) is 1.41. The summed E-state index contributed by atoms with van der Waals surface area (Å²) in [5.74, 6) is 0. The lowest BCUT2D eigenvalue weighted by Crippen LogP contribution is -1.93. The minimum atomic E-state index is 0.692. The van der Waals surface area contributed by atoms with Crippen molar-refractivity contribution in [3.8, 4) is 6.26 Å². The van der Waals surface area contributed by atoms with E-state index in [4.69, 9.17) is 5.26 Å². The Hall–Kier alpha value is -1.82. The molecule has 0 heterocycles. The fraction of sp³-hybridized carbons (Fsp3) is 0.111. The predicted octanol–water partition coefficient (Wildman–Crippen LogP) is 1.91. The molecule has 0 fully saturated rings. The maximum absolute atomic E-state index is 8.08. The maximum atomic E-state index is 8.08. The molecule has 0 unspecified atom stereocenters. The van der Waals surface area contributed by atoms with E-state index in [1.807, 2.05) is 30.3 Å². The summed E-state index contributed by atoms with van der Waals surface area (Å²) < 4.78 is 0. The number of nitrogens with zero attached hydrogens (tertiary/aromatic N) is 2. The van der Waals surface area contributed by atoms with Crippen molar-refractivity contribution < 1.29 is 4.84 Å². The molecule has 1 rings (SSSR count). The normalized spacial score (nSPS) is 10.5. The second-order valence-electron chi connectivity index (χ2n) is 2.23. The summed E-state index contributed by atoms with van der Waals surface area (Å²) in [5.41, 5.74) is 1.64. The minimum Gasteiger partial charge on any atom is -0.275 e. The molecule has 60 valence electrons. The van der Waals surface area contributed by atoms with E-state index in [0.29, 0.717) is 5.71 Å². The van der Waals surface area contributed by atoms with Crippen LogP contribution >= 0.6 is 0 Å². The zero-order chi connectivity index (χ0) is 8.81. The van der Waals surface area contributed by atoms with Gasteiger partial charge in [0.05, 0.1) is 5.71 Å². The first kappa shape index (κ1) is 8.28. The summed E-state index contributed by atoms with van der Waals surface area (Å²) in [6.45, 7) is 1.78. The van der Waals surface area contributed by atoms with Crippen molar-refractivity contribution in [3.05, 3.63) is 35.9 Å². The van der Waals surface area contributed by atoms with E-state index in [9.17, 15) is 0 Å². The molecule has 12 heavy (non-hydrogen) atoms. The third-order valence-corrected chi connectivity index (χ3v) is 1.41. The standard InChI is InChI=1S/C9H8N2O/c1-8(11-12-7-10)9-5-3-2-4-6-9/h2-6H,1H3. The van der Waals surface area contributed by atoms with Crippen LogP contribution in [0.1, 0.15) is 12.5 Å². The van der Waals surface area contributed by atoms with Gasteiger partial charge in [0.25, 0.3) is 0 Å². The molecule has 0 bridgehead atoms. The Labute approximate surface area is 70.9 Å². The van der Waals surface area contributed by atoms with Crippen LogP contribution in [-0.4, -0.2) is 5.71 Å². The van der Waals surface area contributed by atoms with Crippen molar-refractivity contribution in [2.45, 2.75) is 6.92 Å². The van der Waals surface area contributed by atoms with Crippen LogP contribution in [0.5, 0.6) is 0 Å². The Morgan fingerprint density at radius 3 is 2.67 bits per heavy atom. The fourth-order valence-corrected chi connectivity index (χ4v) is 0.821. The van der Waals surface area contributed by atoms with Crippen LogP contribution in [0.4, 0.5) is 0 Å². The predicted molar refractivity (Wildman–Crippen MR) is 45.4 cm³/mol. The van der Waals surface area contributed by atoms with Crippen LogP contribution in [0.15, 0.2) is 35.5 Å². The molecule has 0 saturated carbocycles. The topological polar surface area (TPSA) is 45.4 Å². The molecule has 3 heteroatoms. The third kappa shape index (κ3) is 2.10. The molecule has 0 amide bonds. The van der Waals surface area contributed by atoms with E-state index in [2.05, 4.69) is 9.99 Å². The van der Waals surface area contributed by atoms with E-state index in [1.54, 1.807) is 6.92 Å². The lowest BCUT2D eigenvalue weighted by molar-refractivity contribution is 0.291. The van der Waals surface area contributed by atoms with Crippen LogP contribution in [0.3, 0.4) is 0 Å². The minimum absolute atomic E-state index is 0.692. The van der Waals surface area contributed by atoms with E-state index < -0.39 is 0 Å². The largest absolute Gasteiger partial charge is 0.316 e. The van der Waals surface area contributed by atoms with Gasteiger partial charge in [-0.25, -0.2) is 0 Å². The molecule has 1 aromatic rings. The second-order valence-corrected chi connectivity index (χ2v) is 2.23.